The number of carbonyl (C=O) groups excluding carboxylic acids is 3. The van der Waals surface area contributed by atoms with Crippen LogP contribution in [-0.2, 0) is 19.8 Å². The first-order valence-electron chi connectivity index (χ1n) is 13.1. The van der Waals surface area contributed by atoms with Crippen LogP contribution < -0.4 is 19.7 Å². The maximum atomic E-state index is 13.6. The fourth-order valence-electron chi connectivity index (χ4n) is 4.81. The number of hydrogen-bond acceptors (Lipinski definition) is 6. The number of hydrogen-bond donors (Lipinski definition) is 2. The standard InChI is InChI=1S/C32H34N2O6/c1-7-40-26-17-10-21(18-25(26)32(3,4)5)29(36)27-28(20-8-15-24(39-6)16-9-20)34(31(38)30(27)37)23-13-11-22(12-14-23)33-19(2)35/h8-18,28,36H,7H2,1-6H3,(H,33,35)/b29-27-. The van der Waals surface area contributed by atoms with Gasteiger partial charge in [-0.2, -0.15) is 0 Å². The summed E-state index contributed by atoms with van der Waals surface area (Å²) in [7, 11) is 1.55. The minimum absolute atomic E-state index is 0.0230. The smallest absolute Gasteiger partial charge is 0.300 e. The molecule has 1 fully saturated rings. The second-order valence-corrected chi connectivity index (χ2v) is 10.6. The van der Waals surface area contributed by atoms with E-state index in [1.165, 1.54) is 11.8 Å². The molecule has 0 saturated carbocycles. The van der Waals surface area contributed by atoms with Gasteiger partial charge < -0.3 is 19.9 Å². The lowest BCUT2D eigenvalue weighted by Crippen LogP contribution is -2.29. The third kappa shape index (κ3) is 5.57. The molecule has 0 spiro atoms. The zero-order valence-electron chi connectivity index (χ0n) is 23.6. The number of anilines is 2. The maximum absolute atomic E-state index is 13.6. The number of methoxy groups -OCH3 is 1. The summed E-state index contributed by atoms with van der Waals surface area (Å²) in [5.74, 6) is -0.756. The zero-order valence-corrected chi connectivity index (χ0v) is 23.6. The van der Waals surface area contributed by atoms with Crippen molar-refractivity contribution in [2.75, 3.05) is 23.9 Å². The highest BCUT2D eigenvalue weighted by atomic mass is 16.5. The molecular formula is C32H34N2O6. The van der Waals surface area contributed by atoms with E-state index >= 15 is 0 Å². The van der Waals surface area contributed by atoms with Gasteiger partial charge in [-0.15, -0.1) is 0 Å². The Bertz CT molecular complexity index is 1470. The third-order valence-corrected chi connectivity index (χ3v) is 6.70. The average molecular weight is 543 g/mol. The van der Waals surface area contributed by atoms with Crippen molar-refractivity contribution in [3.63, 3.8) is 0 Å². The first kappa shape index (κ1) is 28.4. The Kier molecular flexibility index (Phi) is 8.00. The van der Waals surface area contributed by atoms with Crippen molar-refractivity contribution in [1.82, 2.24) is 0 Å². The molecule has 2 N–H and O–H groups in total. The predicted molar refractivity (Wildman–Crippen MR) is 155 cm³/mol. The Labute approximate surface area is 234 Å². The molecule has 0 aromatic heterocycles. The normalized spacial score (nSPS) is 16.6. The van der Waals surface area contributed by atoms with E-state index in [0.717, 1.165) is 5.56 Å². The van der Waals surface area contributed by atoms with Crippen LogP contribution in [0.1, 0.15) is 57.4 Å². The molecule has 1 aliphatic heterocycles. The number of nitrogens with one attached hydrogen (secondary N) is 1. The molecule has 8 heteroatoms. The van der Waals surface area contributed by atoms with Crippen molar-refractivity contribution < 1.29 is 29.0 Å². The van der Waals surface area contributed by atoms with E-state index in [0.29, 0.717) is 40.6 Å². The quantitative estimate of drug-likeness (QED) is 0.216. The van der Waals surface area contributed by atoms with E-state index in [4.69, 9.17) is 9.47 Å². The fourth-order valence-corrected chi connectivity index (χ4v) is 4.81. The highest BCUT2D eigenvalue weighted by molar-refractivity contribution is 6.51. The molecular weight excluding hydrogens is 508 g/mol. The lowest BCUT2D eigenvalue weighted by atomic mass is 9.84. The van der Waals surface area contributed by atoms with Gasteiger partial charge in [0.1, 0.15) is 17.3 Å². The SMILES string of the molecule is CCOc1ccc(/C(O)=C2/C(=O)C(=O)N(c3ccc(NC(C)=O)cc3)C2c2ccc(OC)cc2)cc1C(C)(C)C. The summed E-state index contributed by atoms with van der Waals surface area (Å²) < 4.78 is 11.1. The maximum Gasteiger partial charge on any atom is 0.300 e. The van der Waals surface area contributed by atoms with Crippen molar-refractivity contribution >= 4 is 34.7 Å². The average Bonchev–Trinajstić information content (AvgIpc) is 3.18. The van der Waals surface area contributed by atoms with E-state index in [1.54, 1.807) is 73.8 Å². The highest BCUT2D eigenvalue weighted by Gasteiger charge is 2.47. The summed E-state index contributed by atoms with van der Waals surface area (Å²) in [6.07, 6.45) is 0. The molecule has 3 aromatic carbocycles. The van der Waals surface area contributed by atoms with Crippen LogP contribution in [-0.4, -0.2) is 36.4 Å². The van der Waals surface area contributed by atoms with E-state index in [9.17, 15) is 19.5 Å². The van der Waals surface area contributed by atoms with Crippen LogP contribution in [0.5, 0.6) is 11.5 Å². The van der Waals surface area contributed by atoms with Crippen molar-refractivity contribution in [2.24, 2.45) is 0 Å². The lowest BCUT2D eigenvalue weighted by Gasteiger charge is -2.26. The lowest BCUT2D eigenvalue weighted by molar-refractivity contribution is -0.132. The van der Waals surface area contributed by atoms with E-state index in [2.05, 4.69) is 5.32 Å². The van der Waals surface area contributed by atoms with Gasteiger partial charge in [-0.05, 0) is 72.5 Å². The van der Waals surface area contributed by atoms with Crippen LogP contribution in [0, 0.1) is 0 Å². The van der Waals surface area contributed by atoms with Crippen molar-refractivity contribution in [1.29, 1.82) is 0 Å². The van der Waals surface area contributed by atoms with Crippen LogP contribution in [0.4, 0.5) is 11.4 Å². The fraction of sp³-hybridized carbons (Fsp3) is 0.281. The molecule has 1 saturated heterocycles. The number of rotatable bonds is 7. The van der Waals surface area contributed by atoms with Crippen LogP contribution in [0.2, 0.25) is 0 Å². The number of nitrogens with zero attached hydrogens (tertiary/aromatic N) is 1. The Morgan fingerprint density at radius 1 is 1.00 bits per heavy atom. The van der Waals surface area contributed by atoms with Gasteiger partial charge in [-0.1, -0.05) is 32.9 Å². The zero-order chi connectivity index (χ0) is 29.2. The summed E-state index contributed by atoms with van der Waals surface area (Å²) in [6.45, 7) is 9.90. The number of amides is 2. The van der Waals surface area contributed by atoms with Gasteiger partial charge in [0, 0.05) is 29.4 Å². The molecule has 208 valence electrons. The van der Waals surface area contributed by atoms with Gasteiger partial charge in [0.25, 0.3) is 11.7 Å². The minimum atomic E-state index is -0.901. The first-order chi connectivity index (χ1) is 19.0. The second-order valence-electron chi connectivity index (χ2n) is 10.6. The Balaban J connectivity index is 1.90. The molecule has 0 radical (unpaired) electrons. The number of aliphatic hydroxyl groups is 1. The summed E-state index contributed by atoms with van der Waals surface area (Å²) in [4.78, 5) is 39.9. The second kappa shape index (κ2) is 11.3. The van der Waals surface area contributed by atoms with Crippen molar-refractivity contribution in [3.8, 4) is 11.5 Å². The Morgan fingerprint density at radius 3 is 2.20 bits per heavy atom. The number of ether oxygens (including phenoxy) is 2. The van der Waals surface area contributed by atoms with E-state index in [1.807, 2.05) is 27.7 Å². The highest BCUT2D eigenvalue weighted by Crippen LogP contribution is 2.43. The number of ketones is 1. The monoisotopic (exact) mass is 542 g/mol. The Morgan fingerprint density at radius 2 is 1.65 bits per heavy atom. The largest absolute Gasteiger partial charge is 0.507 e. The molecule has 1 heterocycles. The topological polar surface area (TPSA) is 105 Å². The molecule has 0 aliphatic carbocycles. The number of carbonyl (C=O) groups is 3. The van der Waals surface area contributed by atoms with Crippen LogP contribution >= 0.6 is 0 Å². The van der Waals surface area contributed by atoms with Crippen molar-refractivity contribution in [3.05, 3.63) is 89.0 Å². The van der Waals surface area contributed by atoms with Gasteiger partial charge in [-0.3, -0.25) is 19.3 Å². The van der Waals surface area contributed by atoms with Gasteiger partial charge in [0.2, 0.25) is 5.91 Å². The van der Waals surface area contributed by atoms with Crippen LogP contribution in [0.15, 0.2) is 72.3 Å². The minimum Gasteiger partial charge on any atom is -0.507 e. The van der Waals surface area contributed by atoms with E-state index < -0.39 is 17.7 Å². The molecule has 40 heavy (non-hydrogen) atoms. The van der Waals surface area contributed by atoms with Crippen LogP contribution in [0.25, 0.3) is 5.76 Å². The molecule has 2 amide bonds. The molecule has 1 aliphatic rings. The Hall–Kier alpha value is -4.59. The van der Waals surface area contributed by atoms with Gasteiger partial charge in [0.05, 0.1) is 25.3 Å². The van der Waals surface area contributed by atoms with Gasteiger partial charge >= 0.3 is 0 Å². The third-order valence-electron chi connectivity index (χ3n) is 6.70. The van der Waals surface area contributed by atoms with E-state index in [-0.39, 0.29) is 22.7 Å². The molecule has 1 unspecified atom stereocenters. The number of Topliss-reactive ketones (excluding diaryl/α,β-unsaturated/α-hetero) is 1. The summed E-state index contributed by atoms with van der Waals surface area (Å²) in [5.41, 5.74) is 2.56. The predicted octanol–water partition coefficient (Wildman–Crippen LogP) is 5.98. The van der Waals surface area contributed by atoms with Crippen molar-refractivity contribution in [2.45, 2.75) is 46.1 Å². The summed E-state index contributed by atoms with van der Waals surface area (Å²) in [6, 6.07) is 18.0. The van der Waals surface area contributed by atoms with Crippen LogP contribution in [0.3, 0.4) is 0 Å². The molecule has 0 bridgehead atoms. The van der Waals surface area contributed by atoms with Gasteiger partial charge in [0.15, 0.2) is 0 Å². The van der Waals surface area contributed by atoms with Gasteiger partial charge in [-0.25, -0.2) is 0 Å². The summed E-state index contributed by atoms with van der Waals surface area (Å²) in [5, 5.41) is 14.3. The first-order valence-corrected chi connectivity index (χ1v) is 13.1. The molecule has 8 nitrogen and oxygen atoms in total. The summed E-state index contributed by atoms with van der Waals surface area (Å²) >= 11 is 0. The molecule has 4 rings (SSSR count). The molecule has 3 aromatic rings. The molecule has 1 atom stereocenters. The number of benzene rings is 3. The number of aliphatic hydroxyl groups excluding tert-OH is 1.